The Morgan fingerprint density at radius 2 is 1.88 bits per heavy atom. The third-order valence-electron chi connectivity index (χ3n) is 3.41. The van der Waals surface area contributed by atoms with E-state index in [1.807, 2.05) is 18.2 Å². The van der Waals surface area contributed by atoms with E-state index < -0.39 is 10.0 Å². The average Bonchev–Trinajstić information content (AvgIpc) is 3.00. The van der Waals surface area contributed by atoms with Gasteiger partial charge in [0, 0.05) is 11.8 Å². The molecule has 0 radical (unpaired) electrons. The Hall–Kier alpha value is -2.23. The Morgan fingerprint density at radius 1 is 1.16 bits per heavy atom. The number of methoxy groups -OCH3 is 1. The summed E-state index contributed by atoms with van der Waals surface area (Å²) in [6, 6.07) is 11.7. The van der Waals surface area contributed by atoms with Crippen molar-refractivity contribution in [3.63, 3.8) is 0 Å². The molecule has 0 aliphatic carbocycles. The Bertz CT molecular complexity index is 969. The minimum absolute atomic E-state index is 0.0620. The number of imidazole rings is 1. The largest absolute Gasteiger partial charge is 0.497 e. The second-order valence-electron chi connectivity index (χ2n) is 5.14. The first-order valence-electron chi connectivity index (χ1n) is 7.38. The zero-order chi connectivity index (χ0) is 17.9. The molecule has 1 aromatic heterocycles. The Morgan fingerprint density at radius 3 is 2.56 bits per heavy atom. The highest BCUT2D eigenvalue weighted by atomic mass is 32.2. The lowest BCUT2D eigenvalue weighted by atomic mass is 10.3. The molecule has 7 nitrogen and oxygen atoms in total. The lowest BCUT2D eigenvalue weighted by Crippen LogP contribution is -2.11. The van der Waals surface area contributed by atoms with Gasteiger partial charge in [-0.2, -0.15) is 0 Å². The van der Waals surface area contributed by atoms with Gasteiger partial charge in [-0.25, -0.2) is 18.5 Å². The molecule has 0 fully saturated rings. The first-order chi connectivity index (χ1) is 12.0. The molecule has 9 heteroatoms. The Kier molecular flexibility index (Phi) is 5.16. The highest BCUT2D eigenvalue weighted by Gasteiger charge is 2.07. The summed E-state index contributed by atoms with van der Waals surface area (Å²) in [5, 5.41) is 5.86. The highest BCUT2D eigenvalue weighted by Crippen LogP contribution is 2.23. The van der Waals surface area contributed by atoms with Crippen molar-refractivity contribution in [1.82, 2.24) is 9.97 Å². The van der Waals surface area contributed by atoms with Crippen LogP contribution in [0.2, 0.25) is 0 Å². The van der Waals surface area contributed by atoms with Gasteiger partial charge in [0.1, 0.15) is 11.5 Å². The van der Waals surface area contributed by atoms with Crippen LogP contribution < -0.4 is 14.6 Å². The fraction of sp³-hybridized carbons (Fsp3) is 0.188. The van der Waals surface area contributed by atoms with Gasteiger partial charge >= 0.3 is 0 Å². The first-order valence-corrected chi connectivity index (χ1v) is 9.91. The van der Waals surface area contributed by atoms with Gasteiger partial charge < -0.3 is 14.5 Å². The predicted octanol–water partition coefficient (Wildman–Crippen LogP) is 2.39. The molecule has 0 atom stereocenters. The fourth-order valence-electron chi connectivity index (χ4n) is 2.18. The van der Waals surface area contributed by atoms with E-state index in [9.17, 15) is 8.42 Å². The summed E-state index contributed by atoms with van der Waals surface area (Å²) >= 11 is 1.54. The molecule has 3 aromatic rings. The molecule has 132 valence electrons. The van der Waals surface area contributed by atoms with Crippen molar-refractivity contribution >= 4 is 32.8 Å². The number of thioether (sulfide) groups is 1. The number of sulfonamides is 1. The molecule has 25 heavy (non-hydrogen) atoms. The van der Waals surface area contributed by atoms with Gasteiger partial charge in [0.2, 0.25) is 10.0 Å². The quantitative estimate of drug-likeness (QED) is 0.482. The van der Waals surface area contributed by atoms with E-state index in [2.05, 4.69) is 9.97 Å². The molecule has 0 saturated carbocycles. The summed E-state index contributed by atoms with van der Waals surface area (Å²) in [6.45, 7) is 0.458. The van der Waals surface area contributed by atoms with E-state index in [0.29, 0.717) is 18.1 Å². The molecule has 0 bridgehead atoms. The minimum Gasteiger partial charge on any atom is -0.497 e. The maximum Gasteiger partial charge on any atom is 0.238 e. The number of primary sulfonamides is 1. The number of aromatic nitrogens is 2. The van der Waals surface area contributed by atoms with Crippen LogP contribution in [0.15, 0.2) is 52.5 Å². The van der Waals surface area contributed by atoms with E-state index in [0.717, 1.165) is 21.9 Å². The number of hydrogen-bond acceptors (Lipinski definition) is 6. The van der Waals surface area contributed by atoms with E-state index in [4.69, 9.17) is 14.6 Å². The lowest BCUT2D eigenvalue weighted by molar-refractivity contribution is 0.343. The zero-order valence-corrected chi connectivity index (χ0v) is 15.1. The standard InChI is InChI=1S/C16H17N3O4S2/c1-22-12-4-7-14-15(10-12)19-16(18-14)24-9-8-23-11-2-5-13(6-3-11)25(17,20)21/h2-7,10H,8-9H2,1H3,(H,18,19)(H2,17,20,21). The van der Waals surface area contributed by atoms with Gasteiger partial charge in [-0.05, 0) is 36.4 Å². The zero-order valence-electron chi connectivity index (χ0n) is 13.4. The van der Waals surface area contributed by atoms with Crippen LogP contribution in [-0.4, -0.2) is 37.9 Å². The fourth-order valence-corrected chi connectivity index (χ4v) is 3.40. The van der Waals surface area contributed by atoms with Gasteiger partial charge in [0.25, 0.3) is 0 Å². The van der Waals surface area contributed by atoms with Crippen molar-refractivity contribution in [2.24, 2.45) is 5.14 Å². The van der Waals surface area contributed by atoms with Crippen molar-refractivity contribution in [2.75, 3.05) is 19.5 Å². The molecule has 3 N–H and O–H groups in total. The smallest absolute Gasteiger partial charge is 0.238 e. The van der Waals surface area contributed by atoms with Crippen LogP contribution in [0.25, 0.3) is 11.0 Å². The molecule has 0 saturated heterocycles. The SMILES string of the molecule is COc1ccc2nc(SCCOc3ccc(S(N)(=O)=O)cc3)[nH]c2c1. The van der Waals surface area contributed by atoms with Crippen LogP contribution in [0.1, 0.15) is 0 Å². The number of fused-ring (bicyclic) bond motifs is 1. The van der Waals surface area contributed by atoms with Crippen LogP contribution in [0.5, 0.6) is 11.5 Å². The molecule has 0 amide bonds. The summed E-state index contributed by atoms with van der Waals surface area (Å²) in [5.41, 5.74) is 1.80. The van der Waals surface area contributed by atoms with Gasteiger partial charge in [0.15, 0.2) is 5.16 Å². The number of benzene rings is 2. The second kappa shape index (κ2) is 7.34. The van der Waals surface area contributed by atoms with Crippen molar-refractivity contribution in [3.05, 3.63) is 42.5 Å². The van der Waals surface area contributed by atoms with Gasteiger partial charge in [-0.1, -0.05) is 11.8 Å². The van der Waals surface area contributed by atoms with E-state index in [1.54, 1.807) is 19.2 Å². The third kappa shape index (κ3) is 4.44. The minimum atomic E-state index is -3.68. The molecule has 0 aliphatic rings. The topological polar surface area (TPSA) is 107 Å². The molecular formula is C16H17N3O4S2. The van der Waals surface area contributed by atoms with Gasteiger partial charge in [0.05, 0.1) is 29.6 Å². The summed E-state index contributed by atoms with van der Waals surface area (Å²) in [7, 11) is -2.05. The number of hydrogen-bond donors (Lipinski definition) is 2. The van der Waals surface area contributed by atoms with Crippen molar-refractivity contribution in [1.29, 1.82) is 0 Å². The summed E-state index contributed by atoms with van der Waals surface area (Å²) in [4.78, 5) is 7.78. The van der Waals surface area contributed by atoms with E-state index in [1.165, 1.54) is 23.9 Å². The maximum atomic E-state index is 11.2. The van der Waals surface area contributed by atoms with Crippen LogP contribution in [0, 0.1) is 0 Å². The number of nitrogens with two attached hydrogens (primary N) is 1. The summed E-state index contributed by atoms with van der Waals surface area (Å²) in [5.74, 6) is 2.05. The molecule has 0 spiro atoms. The normalized spacial score (nSPS) is 11.6. The van der Waals surface area contributed by atoms with Crippen molar-refractivity contribution < 1.29 is 17.9 Å². The number of rotatable bonds is 7. The van der Waals surface area contributed by atoms with Crippen LogP contribution >= 0.6 is 11.8 Å². The Balaban J connectivity index is 1.53. The van der Waals surface area contributed by atoms with E-state index >= 15 is 0 Å². The highest BCUT2D eigenvalue weighted by molar-refractivity contribution is 7.99. The molecule has 1 heterocycles. The summed E-state index contributed by atoms with van der Waals surface area (Å²) < 4.78 is 33.2. The van der Waals surface area contributed by atoms with Gasteiger partial charge in [-0.15, -0.1) is 0 Å². The number of H-pyrrole nitrogens is 1. The molecule has 3 rings (SSSR count). The molecule has 0 aliphatic heterocycles. The third-order valence-corrected chi connectivity index (χ3v) is 5.18. The number of nitrogens with one attached hydrogen (secondary N) is 1. The molecule has 0 unspecified atom stereocenters. The van der Waals surface area contributed by atoms with E-state index in [-0.39, 0.29) is 4.90 Å². The number of nitrogens with zero attached hydrogens (tertiary/aromatic N) is 1. The van der Waals surface area contributed by atoms with Crippen LogP contribution in [0.4, 0.5) is 0 Å². The monoisotopic (exact) mass is 379 g/mol. The maximum absolute atomic E-state index is 11.2. The van der Waals surface area contributed by atoms with Crippen molar-refractivity contribution in [2.45, 2.75) is 10.1 Å². The van der Waals surface area contributed by atoms with Crippen LogP contribution in [0.3, 0.4) is 0 Å². The lowest BCUT2D eigenvalue weighted by Gasteiger charge is -2.05. The second-order valence-corrected chi connectivity index (χ2v) is 7.78. The number of ether oxygens (including phenoxy) is 2. The predicted molar refractivity (Wildman–Crippen MR) is 96.7 cm³/mol. The summed E-state index contributed by atoms with van der Waals surface area (Å²) in [6.07, 6.45) is 0. The molecule has 2 aromatic carbocycles. The number of aromatic amines is 1. The van der Waals surface area contributed by atoms with Crippen molar-refractivity contribution in [3.8, 4) is 11.5 Å². The molecular weight excluding hydrogens is 362 g/mol. The Labute approximate surface area is 149 Å². The van der Waals surface area contributed by atoms with Crippen LogP contribution in [-0.2, 0) is 10.0 Å². The van der Waals surface area contributed by atoms with Gasteiger partial charge in [-0.3, -0.25) is 0 Å². The average molecular weight is 379 g/mol. The first kappa shape index (κ1) is 17.6.